The van der Waals surface area contributed by atoms with Crippen LogP contribution in [0.25, 0.3) is 0 Å². The number of likely N-dealkylation sites (tertiary alicyclic amines) is 2. The molecule has 152 valence electrons. The van der Waals surface area contributed by atoms with Crippen LogP contribution >= 0.6 is 0 Å². The van der Waals surface area contributed by atoms with Crippen LogP contribution in [-0.4, -0.2) is 58.5 Å². The minimum atomic E-state index is -0.193. The van der Waals surface area contributed by atoms with Gasteiger partial charge in [-0.15, -0.1) is 0 Å². The maximum absolute atomic E-state index is 12.8. The molecule has 1 spiro atoms. The summed E-state index contributed by atoms with van der Waals surface area (Å²) in [4.78, 5) is 29.5. The highest BCUT2D eigenvalue weighted by atomic mass is 16.3. The van der Waals surface area contributed by atoms with Gasteiger partial charge < -0.3 is 14.9 Å². The number of aliphatic hydroxyl groups is 1. The Kier molecular flexibility index (Phi) is 5.46. The summed E-state index contributed by atoms with van der Waals surface area (Å²) in [6, 6.07) is 8.11. The summed E-state index contributed by atoms with van der Waals surface area (Å²) in [5, 5.41) is 9.78. The summed E-state index contributed by atoms with van der Waals surface area (Å²) in [5.41, 5.74) is 2.09. The largest absolute Gasteiger partial charge is 0.393 e. The molecule has 4 rings (SSSR count). The van der Waals surface area contributed by atoms with E-state index in [-0.39, 0.29) is 23.3 Å². The van der Waals surface area contributed by atoms with Gasteiger partial charge in [0, 0.05) is 37.7 Å². The molecule has 5 nitrogen and oxygen atoms in total. The molecule has 1 N–H and O–H groups in total. The van der Waals surface area contributed by atoms with Crippen LogP contribution in [0.3, 0.4) is 0 Å². The Bertz CT molecular complexity index is 714. The van der Waals surface area contributed by atoms with Crippen LogP contribution in [0.1, 0.15) is 67.3 Å². The summed E-state index contributed by atoms with van der Waals surface area (Å²) >= 11 is 0. The van der Waals surface area contributed by atoms with Gasteiger partial charge >= 0.3 is 0 Å². The SMILES string of the molecule is Cc1ccc(C(=O)N2CCC3(CCC(=O)N(C4CCC(O)CC4)C3)CC2)cc1. The Hall–Kier alpha value is -1.88. The van der Waals surface area contributed by atoms with Crippen LogP contribution in [0, 0.1) is 12.3 Å². The Morgan fingerprint density at radius 3 is 2.32 bits per heavy atom. The molecule has 1 aromatic carbocycles. The highest BCUT2D eigenvalue weighted by Gasteiger charge is 2.43. The van der Waals surface area contributed by atoms with Crippen molar-refractivity contribution in [3.8, 4) is 0 Å². The van der Waals surface area contributed by atoms with Crippen LogP contribution in [-0.2, 0) is 4.79 Å². The summed E-state index contributed by atoms with van der Waals surface area (Å²) < 4.78 is 0. The minimum Gasteiger partial charge on any atom is -0.393 e. The Morgan fingerprint density at radius 2 is 1.68 bits per heavy atom. The lowest BCUT2D eigenvalue weighted by molar-refractivity contribution is -0.143. The molecule has 2 heterocycles. The second kappa shape index (κ2) is 7.86. The van der Waals surface area contributed by atoms with E-state index in [2.05, 4.69) is 4.90 Å². The van der Waals surface area contributed by atoms with Crippen LogP contribution in [0.4, 0.5) is 0 Å². The molecule has 1 aliphatic carbocycles. The monoisotopic (exact) mass is 384 g/mol. The van der Waals surface area contributed by atoms with Gasteiger partial charge in [-0.25, -0.2) is 0 Å². The number of aryl methyl sites for hydroxylation is 1. The third kappa shape index (κ3) is 3.95. The number of carbonyl (C=O) groups is 2. The predicted octanol–water partition coefficient (Wildman–Crippen LogP) is 3.14. The molecule has 0 bridgehead atoms. The third-order valence-corrected chi connectivity index (χ3v) is 7.21. The normalized spacial score (nSPS) is 27.9. The van der Waals surface area contributed by atoms with Gasteiger partial charge in [0.05, 0.1) is 6.10 Å². The van der Waals surface area contributed by atoms with Crippen molar-refractivity contribution in [3.05, 3.63) is 35.4 Å². The molecular weight excluding hydrogens is 352 g/mol. The van der Waals surface area contributed by atoms with Gasteiger partial charge in [0.25, 0.3) is 5.91 Å². The first-order valence-electron chi connectivity index (χ1n) is 10.8. The van der Waals surface area contributed by atoms with Crippen LogP contribution < -0.4 is 0 Å². The average molecular weight is 385 g/mol. The number of carbonyl (C=O) groups excluding carboxylic acids is 2. The van der Waals surface area contributed by atoms with E-state index in [0.29, 0.717) is 12.5 Å². The van der Waals surface area contributed by atoms with Crippen LogP contribution in [0.5, 0.6) is 0 Å². The van der Waals surface area contributed by atoms with Crippen molar-refractivity contribution in [1.29, 1.82) is 0 Å². The molecule has 1 saturated carbocycles. The fourth-order valence-electron chi connectivity index (χ4n) is 5.22. The van der Waals surface area contributed by atoms with E-state index in [1.807, 2.05) is 36.1 Å². The van der Waals surface area contributed by atoms with E-state index in [0.717, 1.165) is 75.7 Å². The smallest absolute Gasteiger partial charge is 0.253 e. The molecule has 2 saturated heterocycles. The number of piperidine rings is 2. The van der Waals surface area contributed by atoms with E-state index in [9.17, 15) is 14.7 Å². The molecule has 3 fully saturated rings. The van der Waals surface area contributed by atoms with Crippen molar-refractivity contribution in [2.75, 3.05) is 19.6 Å². The van der Waals surface area contributed by atoms with E-state index in [1.165, 1.54) is 0 Å². The molecule has 0 atom stereocenters. The van der Waals surface area contributed by atoms with Crippen molar-refractivity contribution in [2.24, 2.45) is 5.41 Å². The lowest BCUT2D eigenvalue weighted by Crippen LogP contribution is -2.55. The summed E-state index contributed by atoms with van der Waals surface area (Å²) in [7, 11) is 0. The molecule has 2 amide bonds. The second-order valence-corrected chi connectivity index (χ2v) is 9.14. The highest BCUT2D eigenvalue weighted by Crippen LogP contribution is 2.42. The van der Waals surface area contributed by atoms with E-state index in [1.54, 1.807) is 0 Å². The minimum absolute atomic E-state index is 0.125. The molecule has 1 aromatic rings. The van der Waals surface area contributed by atoms with Crippen LogP contribution in [0.15, 0.2) is 24.3 Å². The molecule has 0 aromatic heterocycles. The van der Waals surface area contributed by atoms with Crippen molar-refractivity contribution in [3.63, 3.8) is 0 Å². The van der Waals surface area contributed by atoms with Crippen molar-refractivity contribution in [1.82, 2.24) is 9.80 Å². The zero-order valence-electron chi connectivity index (χ0n) is 16.9. The number of hydrogen-bond donors (Lipinski definition) is 1. The first-order chi connectivity index (χ1) is 13.5. The molecule has 0 unspecified atom stereocenters. The van der Waals surface area contributed by atoms with Gasteiger partial charge in [0.1, 0.15) is 0 Å². The topological polar surface area (TPSA) is 60.9 Å². The lowest BCUT2D eigenvalue weighted by atomic mass is 9.71. The van der Waals surface area contributed by atoms with Crippen molar-refractivity contribution < 1.29 is 14.7 Å². The fraction of sp³-hybridized carbons (Fsp3) is 0.652. The lowest BCUT2D eigenvalue weighted by Gasteiger charge is -2.50. The summed E-state index contributed by atoms with van der Waals surface area (Å²) in [5.74, 6) is 0.407. The molecular formula is C23H32N2O3. The van der Waals surface area contributed by atoms with Gasteiger partial charge in [-0.05, 0) is 69.4 Å². The molecule has 3 aliphatic rings. The zero-order chi connectivity index (χ0) is 19.7. The Balaban J connectivity index is 1.38. The molecule has 2 aliphatic heterocycles. The zero-order valence-corrected chi connectivity index (χ0v) is 16.9. The van der Waals surface area contributed by atoms with Crippen molar-refractivity contribution >= 4 is 11.8 Å². The molecule has 0 radical (unpaired) electrons. The van der Waals surface area contributed by atoms with Crippen LogP contribution in [0.2, 0.25) is 0 Å². The van der Waals surface area contributed by atoms with E-state index >= 15 is 0 Å². The van der Waals surface area contributed by atoms with E-state index in [4.69, 9.17) is 0 Å². The molecule has 5 heteroatoms. The van der Waals surface area contributed by atoms with Gasteiger partial charge in [-0.2, -0.15) is 0 Å². The summed E-state index contributed by atoms with van der Waals surface area (Å²) in [6.07, 6.45) is 6.78. The third-order valence-electron chi connectivity index (χ3n) is 7.21. The Morgan fingerprint density at radius 1 is 1.04 bits per heavy atom. The number of benzene rings is 1. The average Bonchev–Trinajstić information content (AvgIpc) is 2.71. The maximum Gasteiger partial charge on any atom is 0.253 e. The van der Waals surface area contributed by atoms with Crippen molar-refractivity contribution in [2.45, 2.75) is 70.4 Å². The van der Waals surface area contributed by atoms with Gasteiger partial charge in [0.2, 0.25) is 5.91 Å². The summed E-state index contributed by atoms with van der Waals surface area (Å²) in [6.45, 7) is 4.41. The quantitative estimate of drug-likeness (QED) is 0.852. The second-order valence-electron chi connectivity index (χ2n) is 9.14. The first-order valence-corrected chi connectivity index (χ1v) is 10.8. The number of rotatable bonds is 2. The highest BCUT2D eigenvalue weighted by molar-refractivity contribution is 5.94. The number of nitrogens with zero attached hydrogens (tertiary/aromatic N) is 2. The van der Waals surface area contributed by atoms with E-state index < -0.39 is 0 Å². The van der Waals surface area contributed by atoms with Gasteiger partial charge in [-0.3, -0.25) is 9.59 Å². The number of aliphatic hydroxyl groups excluding tert-OH is 1. The van der Waals surface area contributed by atoms with Gasteiger partial charge in [-0.1, -0.05) is 17.7 Å². The number of hydrogen-bond acceptors (Lipinski definition) is 3. The predicted molar refractivity (Wildman–Crippen MR) is 108 cm³/mol. The first kappa shape index (κ1) is 19.4. The fourth-order valence-corrected chi connectivity index (χ4v) is 5.22. The standard InChI is InChI=1S/C23H32N2O3/c1-17-2-4-18(5-3-17)22(28)24-14-12-23(13-15-24)11-10-21(27)25(16-23)19-6-8-20(26)9-7-19/h2-5,19-20,26H,6-16H2,1H3. The molecule has 28 heavy (non-hydrogen) atoms. The maximum atomic E-state index is 12.8. The number of amides is 2. The van der Waals surface area contributed by atoms with Gasteiger partial charge in [0.15, 0.2) is 0 Å². The Labute approximate surface area is 167 Å².